The average molecular weight is 417 g/mol. The van der Waals surface area contributed by atoms with Crippen LogP contribution < -0.4 is 5.32 Å². The Kier molecular flexibility index (Phi) is 5.71. The van der Waals surface area contributed by atoms with Crippen LogP contribution in [0.3, 0.4) is 0 Å². The second-order valence-corrected chi connectivity index (χ2v) is 8.64. The number of morpholine rings is 1. The number of ether oxygens (including phenoxy) is 1. The number of imidazole rings is 1. The van der Waals surface area contributed by atoms with Gasteiger partial charge >= 0.3 is 0 Å². The van der Waals surface area contributed by atoms with Gasteiger partial charge < -0.3 is 15.0 Å². The number of rotatable bonds is 6. The maximum Gasteiger partial charge on any atom is 0.274 e. The van der Waals surface area contributed by atoms with Crippen LogP contribution in [0.1, 0.15) is 47.0 Å². The molecular weight excluding hydrogens is 388 g/mol. The second kappa shape index (κ2) is 8.25. The standard InChI is InChI=1S/C20H28N6O2S/c1-12-10-25(11-13(2)28-12)19(27)18-17(26-7-8-29-20(26)22-18)9-21-6-5-16-14(3)23-24-15(16)4/h7-8,12-13,21H,5-6,9-11H2,1-4H3,(H,23,24)/t12-,13+. The average Bonchev–Trinajstić information content (AvgIpc) is 3.34. The molecule has 1 amide bonds. The highest BCUT2D eigenvalue weighted by atomic mass is 32.1. The van der Waals surface area contributed by atoms with Gasteiger partial charge in [0, 0.05) is 36.9 Å². The van der Waals surface area contributed by atoms with Gasteiger partial charge in [0.25, 0.3) is 5.91 Å². The van der Waals surface area contributed by atoms with Crippen molar-refractivity contribution >= 4 is 22.2 Å². The van der Waals surface area contributed by atoms with Gasteiger partial charge in [-0.2, -0.15) is 5.10 Å². The Bertz CT molecular complexity index is 977. The van der Waals surface area contributed by atoms with Crippen molar-refractivity contribution in [3.8, 4) is 0 Å². The van der Waals surface area contributed by atoms with Crippen molar-refractivity contribution in [1.82, 2.24) is 29.8 Å². The quantitative estimate of drug-likeness (QED) is 0.602. The van der Waals surface area contributed by atoms with Gasteiger partial charge in [-0.25, -0.2) is 4.98 Å². The third kappa shape index (κ3) is 4.08. The molecule has 4 rings (SSSR count). The lowest BCUT2D eigenvalue weighted by molar-refractivity contribution is -0.0587. The second-order valence-electron chi connectivity index (χ2n) is 7.77. The van der Waals surface area contributed by atoms with Crippen LogP contribution >= 0.6 is 11.3 Å². The molecule has 3 aromatic heterocycles. The highest BCUT2D eigenvalue weighted by Gasteiger charge is 2.30. The summed E-state index contributed by atoms with van der Waals surface area (Å²) in [6.07, 6.45) is 2.95. The molecule has 1 aliphatic heterocycles. The van der Waals surface area contributed by atoms with Crippen molar-refractivity contribution < 1.29 is 9.53 Å². The van der Waals surface area contributed by atoms with Gasteiger partial charge in [0.2, 0.25) is 0 Å². The molecule has 4 heterocycles. The molecule has 1 saturated heterocycles. The van der Waals surface area contributed by atoms with Crippen molar-refractivity contribution in [3.63, 3.8) is 0 Å². The Balaban J connectivity index is 1.48. The van der Waals surface area contributed by atoms with Crippen molar-refractivity contribution in [2.24, 2.45) is 0 Å². The van der Waals surface area contributed by atoms with Crippen LogP contribution in [-0.2, 0) is 17.7 Å². The van der Waals surface area contributed by atoms with Gasteiger partial charge in [-0.15, -0.1) is 11.3 Å². The summed E-state index contributed by atoms with van der Waals surface area (Å²) in [5, 5.41) is 12.8. The highest BCUT2D eigenvalue weighted by molar-refractivity contribution is 7.15. The van der Waals surface area contributed by atoms with Gasteiger partial charge in [-0.3, -0.25) is 14.3 Å². The minimum atomic E-state index is -0.0128. The lowest BCUT2D eigenvalue weighted by Crippen LogP contribution is -2.48. The zero-order valence-corrected chi connectivity index (χ0v) is 18.2. The maximum atomic E-state index is 13.2. The highest BCUT2D eigenvalue weighted by Crippen LogP contribution is 2.21. The molecule has 2 N–H and O–H groups in total. The molecule has 29 heavy (non-hydrogen) atoms. The first-order valence-electron chi connectivity index (χ1n) is 10.0. The predicted octanol–water partition coefficient (Wildman–Crippen LogP) is 2.32. The number of aromatic amines is 1. The summed E-state index contributed by atoms with van der Waals surface area (Å²) in [5.74, 6) is -0.0128. The number of carbonyl (C=O) groups is 1. The van der Waals surface area contributed by atoms with E-state index < -0.39 is 0 Å². The van der Waals surface area contributed by atoms with Gasteiger partial charge in [0.1, 0.15) is 0 Å². The molecule has 0 spiro atoms. The number of nitrogens with one attached hydrogen (secondary N) is 2. The van der Waals surface area contributed by atoms with Crippen LogP contribution in [0.5, 0.6) is 0 Å². The van der Waals surface area contributed by atoms with E-state index in [0.29, 0.717) is 25.3 Å². The van der Waals surface area contributed by atoms with Gasteiger partial charge in [-0.05, 0) is 46.2 Å². The smallest absolute Gasteiger partial charge is 0.274 e. The Morgan fingerprint density at radius 1 is 1.34 bits per heavy atom. The molecule has 9 heteroatoms. The summed E-state index contributed by atoms with van der Waals surface area (Å²) in [5.41, 5.74) is 4.86. The lowest BCUT2D eigenvalue weighted by Gasteiger charge is -2.35. The molecule has 0 unspecified atom stereocenters. The minimum Gasteiger partial charge on any atom is -0.372 e. The van der Waals surface area contributed by atoms with Crippen LogP contribution in [0.2, 0.25) is 0 Å². The third-order valence-corrected chi connectivity index (χ3v) is 6.15. The Morgan fingerprint density at radius 3 is 2.79 bits per heavy atom. The molecule has 2 atom stereocenters. The Labute approximate surface area is 174 Å². The molecule has 0 aliphatic carbocycles. The topological polar surface area (TPSA) is 87.5 Å². The first-order chi connectivity index (χ1) is 13.9. The van der Waals surface area contributed by atoms with Crippen molar-refractivity contribution in [1.29, 1.82) is 0 Å². The Hall–Kier alpha value is -2.23. The first-order valence-corrected chi connectivity index (χ1v) is 10.9. The van der Waals surface area contributed by atoms with Gasteiger partial charge in [-0.1, -0.05) is 0 Å². The van der Waals surface area contributed by atoms with E-state index in [-0.39, 0.29) is 18.1 Å². The van der Waals surface area contributed by atoms with Crippen molar-refractivity contribution in [2.75, 3.05) is 19.6 Å². The summed E-state index contributed by atoms with van der Waals surface area (Å²) in [4.78, 5) is 20.6. The molecule has 8 nitrogen and oxygen atoms in total. The normalized spacial score (nSPS) is 19.9. The van der Waals surface area contributed by atoms with Crippen LogP contribution in [0.4, 0.5) is 0 Å². The molecule has 0 saturated carbocycles. The van der Waals surface area contributed by atoms with E-state index in [1.165, 1.54) is 5.56 Å². The van der Waals surface area contributed by atoms with E-state index in [1.54, 1.807) is 11.3 Å². The SMILES string of the molecule is Cc1n[nH]c(C)c1CCNCc1c(C(=O)N2C[C@@H](C)O[C@@H](C)C2)nc2sccn12. The number of nitrogens with zero attached hydrogens (tertiary/aromatic N) is 4. The van der Waals surface area contributed by atoms with Crippen LogP contribution in [0.25, 0.3) is 4.96 Å². The molecule has 0 radical (unpaired) electrons. The van der Waals surface area contributed by atoms with Crippen LogP contribution in [0, 0.1) is 13.8 Å². The van der Waals surface area contributed by atoms with Crippen molar-refractivity contribution in [2.45, 2.75) is 52.9 Å². The molecule has 0 aromatic carbocycles. The number of aromatic nitrogens is 4. The number of hydrogen-bond donors (Lipinski definition) is 2. The Morgan fingerprint density at radius 2 is 2.10 bits per heavy atom. The summed E-state index contributed by atoms with van der Waals surface area (Å²) in [6, 6.07) is 0. The van der Waals surface area contributed by atoms with Gasteiger partial charge in [0.15, 0.2) is 10.7 Å². The third-order valence-electron chi connectivity index (χ3n) is 5.40. The molecule has 156 valence electrons. The monoisotopic (exact) mass is 416 g/mol. The number of aryl methyl sites for hydroxylation is 2. The number of hydrogen-bond acceptors (Lipinski definition) is 6. The van der Waals surface area contributed by atoms with E-state index >= 15 is 0 Å². The number of thiazole rings is 1. The maximum absolute atomic E-state index is 13.2. The summed E-state index contributed by atoms with van der Waals surface area (Å²) in [6.45, 7) is 10.7. The zero-order valence-electron chi connectivity index (χ0n) is 17.4. The summed E-state index contributed by atoms with van der Waals surface area (Å²) in [7, 11) is 0. The molecule has 1 aliphatic rings. The zero-order chi connectivity index (χ0) is 20.5. The molecule has 0 bridgehead atoms. The lowest BCUT2D eigenvalue weighted by atomic mass is 10.1. The fraction of sp³-hybridized carbons (Fsp3) is 0.550. The van der Waals surface area contributed by atoms with E-state index in [2.05, 4.69) is 20.5 Å². The van der Waals surface area contributed by atoms with Crippen molar-refractivity contribution in [3.05, 3.63) is 39.9 Å². The van der Waals surface area contributed by atoms with E-state index in [4.69, 9.17) is 4.74 Å². The predicted molar refractivity (Wildman–Crippen MR) is 112 cm³/mol. The number of H-pyrrole nitrogens is 1. The minimum absolute atomic E-state index is 0.0128. The molecule has 1 fully saturated rings. The first kappa shape index (κ1) is 20.1. The van der Waals surface area contributed by atoms with Crippen LogP contribution in [-0.4, -0.2) is 62.2 Å². The fourth-order valence-electron chi connectivity index (χ4n) is 4.03. The largest absolute Gasteiger partial charge is 0.372 e. The van der Waals surface area contributed by atoms with Crippen LogP contribution in [0.15, 0.2) is 11.6 Å². The number of carbonyl (C=O) groups excluding carboxylic acids is 1. The van der Waals surface area contributed by atoms with E-state index in [0.717, 1.165) is 35.0 Å². The summed E-state index contributed by atoms with van der Waals surface area (Å²) >= 11 is 1.54. The number of fused-ring (bicyclic) bond motifs is 1. The van der Waals surface area contributed by atoms with E-state index in [9.17, 15) is 4.79 Å². The van der Waals surface area contributed by atoms with Gasteiger partial charge in [0.05, 0.1) is 23.6 Å². The number of amides is 1. The summed E-state index contributed by atoms with van der Waals surface area (Å²) < 4.78 is 7.79. The fourth-order valence-corrected chi connectivity index (χ4v) is 4.76. The molecular formula is C20H28N6O2S. The molecule has 3 aromatic rings. The van der Waals surface area contributed by atoms with E-state index in [1.807, 2.05) is 48.6 Å².